The lowest BCUT2D eigenvalue weighted by atomic mass is 9.95. The van der Waals surface area contributed by atoms with E-state index in [-0.39, 0.29) is 17.9 Å². The maximum atomic E-state index is 12.3. The summed E-state index contributed by atoms with van der Waals surface area (Å²) in [5, 5.41) is 19.6. The molecule has 0 unspecified atom stereocenters. The minimum Gasteiger partial charge on any atom is -0.477 e. The zero-order valence-electron chi connectivity index (χ0n) is 18.7. The summed E-state index contributed by atoms with van der Waals surface area (Å²) in [6, 6.07) is 13.9. The number of carbonyl (C=O) groups is 2. The highest BCUT2D eigenvalue weighted by molar-refractivity contribution is 7.13. The topological polar surface area (TPSA) is 77.8 Å². The molecule has 1 fully saturated rings. The molecule has 1 saturated heterocycles. The summed E-state index contributed by atoms with van der Waals surface area (Å²) in [4.78, 5) is 26.6. The minimum absolute atomic E-state index is 0.0339. The Balaban J connectivity index is 1.43. The maximum absolute atomic E-state index is 12.3. The van der Waals surface area contributed by atoms with Crippen LogP contribution in [0, 0.1) is 5.92 Å². The van der Waals surface area contributed by atoms with Gasteiger partial charge >= 0.3 is 5.97 Å². The van der Waals surface area contributed by atoms with E-state index in [1.807, 2.05) is 29.2 Å². The normalized spacial score (nSPS) is 18.4. The zero-order chi connectivity index (χ0) is 22.9. The number of carbonyl (C=O) groups excluding carboxylic acids is 1. The number of thiophene rings is 1. The molecule has 1 aromatic carbocycles. The van der Waals surface area contributed by atoms with Crippen molar-refractivity contribution in [3.63, 3.8) is 0 Å². The number of likely N-dealkylation sites (tertiary alicyclic amines) is 1. The minimum atomic E-state index is -0.894. The van der Waals surface area contributed by atoms with Gasteiger partial charge in [0.05, 0.1) is 12.1 Å². The number of benzene rings is 1. The third-order valence-electron chi connectivity index (χ3n) is 6.15. The first-order valence-corrected chi connectivity index (χ1v) is 12.3. The van der Waals surface area contributed by atoms with Crippen molar-refractivity contribution in [3.8, 4) is 0 Å². The van der Waals surface area contributed by atoms with E-state index >= 15 is 0 Å². The summed E-state index contributed by atoms with van der Waals surface area (Å²) in [5.41, 5.74) is 1.33. The molecule has 2 aromatic rings. The molecular formula is C26H33NO4S. The number of amides is 1. The van der Waals surface area contributed by atoms with Crippen LogP contribution in [0.5, 0.6) is 0 Å². The van der Waals surface area contributed by atoms with Gasteiger partial charge < -0.3 is 15.1 Å². The van der Waals surface area contributed by atoms with Gasteiger partial charge in [-0.3, -0.25) is 4.79 Å². The van der Waals surface area contributed by atoms with Crippen molar-refractivity contribution in [2.45, 2.75) is 64.0 Å². The summed E-state index contributed by atoms with van der Waals surface area (Å²) in [6.45, 7) is 2.72. The van der Waals surface area contributed by atoms with Crippen molar-refractivity contribution in [1.82, 2.24) is 4.90 Å². The molecule has 0 bridgehead atoms. The van der Waals surface area contributed by atoms with Crippen LogP contribution in [0.4, 0.5) is 0 Å². The Morgan fingerprint density at radius 2 is 1.97 bits per heavy atom. The molecule has 3 rings (SSSR count). The number of carboxylic acid groups (broad SMARTS) is 1. The van der Waals surface area contributed by atoms with E-state index in [1.54, 1.807) is 6.07 Å². The molecule has 0 aliphatic carbocycles. The van der Waals surface area contributed by atoms with Crippen LogP contribution in [0.25, 0.3) is 0 Å². The number of aliphatic hydroxyl groups excluding tert-OH is 1. The quantitative estimate of drug-likeness (QED) is 0.444. The van der Waals surface area contributed by atoms with E-state index in [1.165, 1.54) is 16.9 Å². The Morgan fingerprint density at radius 3 is 2.69 bits per heavy atom. The second-order valence-corrected chi connectivity index (χ2v) is 9.77. The molecule has 6 heteroatoms. The van der Waals surface area contributed by atoms with Crippen molar-refractivity contribution in [1.29, 1.82) is 0 Å². The number of aryl methyl sites for hydroxylation is 2. The van der Waals surface area contributed by atoms with Crippen LogP contribution < -0.4 is 0 Å². The lowest BCUT2D eigenvalue weighted by molar-refractivity contribution is -0.128. The fourth-order valence-electron chi connectivity index (χ4n) is 4.17. The number of hydrogen-bond donors (Lipinski definition) is 2. The van der Waals surface area contributed by atoms with Crippen LogP contribution in [0.2, 0.25) is 0 Å². The smallest absolute Gasteiger partial charge is 0.345 e. The van der Waals surface area contributed by atoms with Crippen molar-refractivity contribution in [2.75, 3.05) is 6.54 Å². The van der Waals surface area contributed by atoms with Gasteiger partial charge in [-0.05, 0) is 62.1 Å². The van der Waals surface area contributed by atoms with Crippen molar-refractivity contribution < 1.29 is 19.8 Å². The van der Waals surface area contributed by atoms with Gasteiger partial charge in [0.15, 0.2) is 0 Å². The Bertz CT molecular complexity index is 908. The average Bonchev–Trinajstić information content (AvgIpc) is 3.40. The number of aliphatic hydroxyl groups is 1. The van der Waals surface area contributed by atoms with E-state index in [4.69, 9.17) is 5.11 Å². The first-order valence-electron chi connectivity index (χ1n) is 11.5. The predicted octanol–water partition coefficient (Wildman–Crippen LogP) is 4.95. The summed E-state index contributed by atoms with van der Waals surface area (Å²) < 4.78 is 0. The first kappa shape index (κ1) is 24.2. The molecule has 1 aliphatic heterocycles. The van der Waals surface area contributed by atoms with E-state index in [2.05, 4.69) is 31.2 Å². The van der Waals surface area contributed by atoms with Gasteiger partial charge in [0, 0.05) is 17.8 Å². The fourth-order valence-corrected chi connectivity index (χ4v) is 5.06. The summed E-state index contributed by atoms with van der Waals surface area (Å²) in [6.07, 6.45) is 9.25. The van der Waals surface area contributed by atoms with Crippen molar-refractivity contribution >= 4 is 23.2 Å². The monoisotopic (exact) mass is 455 g/mol. The predicted molar refractivity (Wildman–Crippen MR) is 128 cm³/mol. The van der Waals surface area contributed by atoms with E-state index < -0.39 is 12.1 Å². The van der Waals surface area contributed by atoms with Gasteiger partial charge in [0.1, 0.15) is 4.88 Å². The number of rotatable bonds is 12. The molecule has 1 aliphatic rings. The third-order valence-corrected chi connectivity index (χ3v) is 7.28. The van der Waals surface area contributed by atoms with Gasteiger partial charge in [-0.25, -0.2) is 4.79 Å². The fraction of sp³-hybridized carbons (Fsp3) is 0.462. The standard InChI is InChI=1S/C26H33NO4S/c1-19(7-5-10-20-8-3-2-4-9-20)23(28)15-12-21-13-17-25(29)27(21)18-6-11-22-14-16-24(32-22)26(30)31/h2-4,8-9,12,14-16,19,21,23,28H,5-7,10-11,13,17-18H2,1H3,(H,30,31)/t19-,21+,23-/m1/s1. The second kappa shape index (κ2) is 12.0. The van der Waals surface area contributed by atoms with Gasteiger partial charge in [-0.1, -0.05) is 49.4 Å². The molecular weight excluding hydrogens is 422 g/mol. The second-order valence-electron chi connectivity index (χ2n) is 8.60. The van der Waals surface area contributed by atoms with Crippen LogP contribution in [0.3, 0.4) is 0 Å². The molecule has 0 spiro atoms. The maximum Gasteiger partial charge on any atom is 0.345 e. The van der Waals surface area contributed by atoms with Crippen LogP contribution in [0.1, 0.15) is 59.1 Å². The lowest BCUT2D eigenvalue weighted by Gasteiger charge is -2.23. The lowest BCUT2D eigenvalue weighted by Crippen LogP contribution is -2.33. The van der Waals surface area contributed by atoms with Crippen LogP contribution in [0.15, 0.2) is 54.6 Å². The number of nitrogens with zero attached hydrogens (tertiary/aromatic N) is 1. The number of carboxylic acids is 1. The molecule has 0 saturated carbocycles. The first-order chi connectivity index (χ1) is 15.4. The summed E-state index contributed by atoms with van der Waals surface area (Å²) in [5.74, 6) is -0.570. The molecule has 0 radical (unpaired) electrons. The summed E-state index contributed by atoms with van der Waals surface area (Å²) in [7, 11) is 0. The zero-order valence-corrected chi connectivity index (χ0v) is 19.5. The van der Waals surface area contributed by atoms with Crippen molar-refractivity contribution in [3.05, 3.63) is 69.9 Å². The molecule has 5 nitrogen and oxygen atoms in total. The molecule has 1 aromatic heterocycles. The van der Waals surface area contributed by atoms with Crippen molar-refractivity contribution in [2.24, 2.45) is 5.92 Å². The Kier molecular flexibility index (Phi) is 9.06. The molecule has 1 amide bonds. The van der Waals surface area contributed by atoms with Gasteiger partial charge in [0.2, 0.25) is 5.91 Å². The van der Waals surface area contributed by atoms with Crippen LogP contribution in [-0.2, 0) is 17.6 Å². The van der Waals surface area contributed by atoms with Gasteiger partial charge in [-0.15, -0.1) is 11.3 Å². The van der Waals surface area contributed by atoms with Crippen LogP contribution >= 0.6 is 11.3 Å². The third kappa shape index (κ3) is 7.04. The molecule has 3 atom stereocenters. The van der Waals surface area contributed by atoms with E-state index in [0.29, 0.717) is 17.8 Å². The van der Waals surface area contributed by atoms with E-state index in [9.17, 15) is 14.7 Å². The molecule has 2 heterocycles. The SMILES string of the molecule is C[C@H](CCCc1ccccc1)[C@H](O)C=C[C@H]1CCC(=O)N1CCCc1ccc(C(=O)O)s1. The molecule has 2 N–H and O–H groups in total. The largest absolute Gasteiger partial charge is 0.477 e. The summed E-state index contributed by atoms with van der Waals surface area (Å²) >= 11 is 1.30. The Labute approximate surface area is 194 Å². The molecule has 172 valence electrons. The van der Waals surface area contributed by atoms with Crippen LogP contribution in [-0.4, -0.2) is 45.7 Å². The Morgan fingerprint density at radius 1 is 1.19 bits per heavy atom. The van der Waals surface area contributed by atoms with E-state index in [0.717, 1.165) is 43.4 Å². The average molecular weight is 456 g/mol. The highest BCUT2D eigenvalue weighted by atomic mass is 32.1. The highest BCUT2D eigenvalue weighted by Gasteiger charge is 2.28. The Hall–Kier alpha value is -2.44. The number of hydrogen-bond acceptors (Lipinski definition) is 4. The number of aromatic carboxylic acids is 1. The highest BCUT2D eigenvalue weighted by Crippen LogP contribution is 2.23. The molecule has 32 heavy (non-hydrogen) atoms. The van der Waals surface area contributed by atoms with Gasteiger partial charge in [-0.2, -0.15) is 0 Å². The van der Waals surface area contributed by atoms with Gasteiger partial charge in [0.25, 0.3) is 0 Å².